The lowest BCUT2D eigenvalue weighted by Crippen LogP contribution is -2.32. The second-order valence-corrected chi connectivity index (χ2v) is 12.3. The van der Waals surface area contributed by atoms with Crippen molar-refractivity contribution in [2.24, 2.45) is 5.92 Å². The van der Waals surface area contributed by atoms with E-state index in [-0.39, 0.29) is 35.7 Å². The first-order valence-corrected chi connectivity index (χ1v) is 15.7. The van der Waals surface area contributed by atoms with E-state index in [2.05, 4.69) is 10.3 Å². The van der Waals surface area contributed by atoms with E-state index >= 15 is 0 Å². The fraction of sp³-hybridized carbons (Fsp3) is 0.219. The molecule has 1 aromatic heterocycles. The Bertz CT molecular complexity index is 1840. The number of amides is 3. The largest absolute Gasteiger partial charge is 0.493 e. The lowest BCUT2D eigenvalue weighted by molar-refractivity contribution is -0.122. The summed E-state index contributed by atoms with van der Waals surface area (Å²) < 4.78 is 16.3. The Hall–Kier alpha value is -4.88. The zero-order valence-corrected chi connectivity index (χ0v) is 25.7. The van der Waals surface area contributed by atoms with E-state index in [0.29, 0.717) is 38.2 Å². The monoisotopic (exact) mass is 645 g/mol. The van der Waals surface area contributed by atoms with Gasteiger partial charge < -0.3 is 24.5 Å². The van der Waals surface area contributed by atoms with E-state index in [1.807, 2.05) is 6.07 Å². The summed E-state index contributed by atoms with van der Waals surface area (Å²) in [5, 5.41) is 2.55. The Balaban J connectivity index is 1.22. The Morgan fingerprint density at radius 2 is 1.71 bits per heavy atom. The third-order valence-corrected chi connectivity index (χ3v) is 9.82. The van der Waals surface area contributed by atoms with Gasteiger partial charge in [-0.3, -0.25) is 19.2 Å². The molecule has 11 nitrogen and oxygen atoms in total. The lowest BCUT2D eigenvalue weighted by Gasteiger charge is -2.30. The average molecular weight is 646 g/mol. The van der Waals surface area contributed by atoms with Crippen LogP contribution in [0.25, 0.3) is 0 Å². The van der Waals surface area contributed by atoms with Crippen LogP contribution in [0.2, 0.25) is 0 Å². The minimum Gasteiger partial charge on any atom is -0.493 e. The molecule has 0 spiro atoms. The Morgan fingerprint density at radius 3 is 2.42 bits per heavy atom. The summed E-state index contributed by atoms with van der Waals surface area (Å²) in [6.07, 6.45) is 0. The highest BCUT2D eigenvalue weighted by Crippen LogP contribution is 2.53. The standard InChI is InChI=1S/C32H27N3O8S2/c1-3-42-31(39)17-9-12-19(13-10-17)33-23(36)16-43-21-14-11-18(15-22(21)41-2)24-25-27(44-28-26(24)45-32(40)34-28)30(38)35(29(25)37)20-7-5-4-6-8-20/h4-15,24-25,27H,3,16H2,1-2H3,(H,33,36)(H,34,40)/t24-,25?,27?/m1/s1. The van der Waals surface area contributed by atoms with Crippen molar-refractivity contribution in [1.82, 2.24) is 4.98 Å². The van der Waals surface area contributed by atoms with E-state index in [1.165, 1.54) is 23.8 Å². The molecule has 1 fully saturated rings. The fourth-order valence-electron chi connectivity index (χ4n) is 5.45. The molecule has 3 heterocycles. The minimum absolute atomic E-state index is 0.263. The van der Waals surface area contributed by atoms with Gasteiger partial charge in [-0.25, -0.2) is 9.69 Å². The molecule has 2 aliphatic rings. The second kappa shape index (κ2) is 12.6. The molecule has 3 amide bonds. The van der Waals surface area contributed by atoms with Gasteiger partial charge in [0.1, 0.15) is 5.25 Å². The molecule has 3 atom stereocenters. The maximum absolute atomic E-state index is 13.9. The summed E-state index contributed by atoms with van der Waals surface area (Å²) in [6.45, 7) is 1.65. The number of para-hydroxylation sites is 1. The first-order chi connectivity index (χ1) is 21.8. The number of rotatable bonds is 9. The van der Waals surface area contributed by atoms with Gasteiger partial charge in [0, 0.05) is 16.5 Å². The number of methoxy groups -OCH3 is 1. The first-order valence-electron chi connectivity index (χ1n) is 14.0. The Labute approximate surface area is 265 Å². The number of carbonyl (C=O) groups is 4. The van der Waals surface area contributed by atoms with Gasteiger partial charge in [-0.05, 0) is 61.0 Å². The number of hydrogen-bond acceptors (Lipinski definition) is 10. The molecule has 2 unspecified atom stereocenters. The number of aromatic nitrogens is 1. The molecule has 1 saturated heterocycles. The number of H-pyrrole nitrogens is 1. The highest BCUT2D eigenvalue weighted by molar-refractivity contribution is 8.00. The molecule has 45 heavy (non-hydrogen) atoms. The summed E-state index contributed by atoms with van der Waals surface area (Å²) in [7, 11) is 1.46. The smallest absolute Gasteiger partial charge is 0.338 e. The van der Waals surface area contributed by atoms with Gasteiger partial charge in [-0.2, -0.15) is 0 Å². The molecular formula is C32H27N3O8S2. The number of hydrogen-bond donors (Lipinski definition) is 2. The van der Waals surface area contributed by atoms with Crippen LogP contribution in [0.3, 0.4) is 0 Å². The summed E-state index contributed by atoms with van der Waals surface area (Å²) >= 11 is 2.22. The van der Waals surface area contributed by atoms with Gasteiger partial charge in [0.25, 0.3) is 5.91 Å². The summed E-state index contributed by atoms with van der Waals surface area (Å²) in [5.41, 5.74) is 2.00. The minimum atomic E-state index is -0.751. The normalized spacial score (nSPS) is 18.6. The van der Waals surface area contributed by atoms with Crippen LogP contribution < -0.4 is 24.6 Å². The SMILES string of the molecule is CCOC(=O)c1ccc(NC(=O)COc2ccc([C@H]3c4sc(=O)[nH]c4SC4C(=O)N(c5ccccc5)C(=O)C43)cc2OC)cc1. The van der Waals surface area contributed by atoms with Gasteiger partial charge in [0.05, 0.1) is 35.9 Å². The van der Waals surface area contributed by atoms with Crippen LogP contribution in [0.1, 0.15) is 33.6 Å². The van der Waals surface area contributed by atoms with Crippen molar-refractivity contribution in [3.8, 4) is 11.5 Å². The maximum atomic E-state index is 13.9. The second-order valence-electron chi connectivity index (χ2n) is 10.1. The molecule has 2 N–H and O–H groups in total. The van der Waals surface area contributed by atoms with Gasteiger partial charge in [-0.1, -0.05) is 47.4 Å². The zero-order chi connectivity index (χ0) is 31.7. The van der Waals surface area contributed by atoms with Crippen molar-refractivity contribution < 1.29 is 33.4 Å². The number of benzene rings is 3. The van der Waals surface area contributed by atoms with Crippen LogP contribution in [0.4, 0.5) is 11.4 Å². The molecule has 0 bridgehead atoms. The van der Waals surface area contributed by atoms with Crippen molar-refractivity contribution in [3.63, 3.8) is 0 Å². The predicted molar refractivity (Wildman–Crippen MR) is 168 cm³/mol. The number of imide groups is 1. The van der Waals surface area contributed by atoms with Crippen LogP contribution in [-0.4, -0.2) is 54.2 Å². The van der Waals surface area contributed by atoms with Gasteiger partial charge in [0.15, 0.2) is 18.1 Å². The fourth-order valence-corrected chi connectivity index (χ4v) is 7.96. The average Bonchev–Trinajstić information content (AvgIpc) is 3.54. The zero-order valence-electron chi connectivity index (χ0n) is 24.1. The van der Waals surface area contributed by atoms with Crippen molar-refractivity contribution >= 4 is 58.2 Å². The molecule has 13 heteroatoms. The summed E-state index contributed by atoms with van der Waals surface area (Å²) in [6, 6.07) is 20.2. The third kappa shape index (κ3) is 5.83. The number of carbonyl (C=O) groups excluding carboxylic acids is 4. The van der Waals surface area contributed by atoms with E-state index in [4.69, 9.17) is 14.2 Å². The number of esters is 1. The van der Waals surface area contributed by atoms with Crippen molar-refractivity contribution in [2.45, 2.75) is 23.1 Å². The predicted octanol–water partition coefficient (Wildman–Crippen LogP) is 4.44. The van der Waals surface area contributed by atoms with E-state index in [1.54, 1.807) is 73.7 Å². The van der Waals surface area contributed by atoms with Crippen molar-refractivity contribution in [1.29, 1.82) is 0 Å². The van der Waals surface area contributed by atoms with E-state index in [9.17, 15) is 24.0 Å². The lowest BCUT2D eigenvalue weighted by atomic mass is 9.83. The van der Waals surface area contributed by atoms with Gasteiger partial charge in [-0.15, -0.1) is 0 Å². The molecule has 6 rings (SSSR count). The van der Waals surface area contributed by atoms with Crippen LogP contribution in [0.5, 0.6) is 11.5 Å². The van der Waals surface area contributed by atoms with E-state index in [0.717, 1.165) is 11.3 Å². The van der Waals surface area contributed by atoms with Crippen LogP contribution in [-0.2, 0) is 19.1 Å². The number of thioether (sulfide) groups is 1. The first kappa shape index (κ1) is 30.2. The molecular weight excluding hydrogens is 618 g/mol. The topological polar surface area (TPSA) is 144 Å². The van der Waals surface area contributed by atoms with E-state index < -0.39 is 29.0 Å². The summed E-state index contributed by atoms with van der Waals surface area (Å²) in [4.78, 5) is 68.8. The van der Waals surface area contributed by atoms with Crippen molar-refractivity contribution in [2.75, 3.05) is 30.5 Å². The molecule has 0 saturated carbocycles. The summed E-state index contributed by atoms with van der Waals surface area (Å²) in [5.74, 6) is -2.30. The number of anilines is 2. The number of fused-ring (bicyclic) bond motifs is 2. The highest BCUT2D eigenvalue weighted by atomic mass is 32.2. The highest BCUT2D eigenvalue weighted by Gasteiger charge is 2.56. The maximum Gasteiger partial charge on any atom is 0.338 e. The Morgan fingerprint density at radius 1 is 0.956 bits per heavy atom. The molecule has 3 aromatic carbocycles. The quantitative estimate of drug-likeness (QED) is 0.200. The number of ether oxygens (including phenoxy) is 3. The van der Waals surface area contributed by atoms with Gasteiger partial charge in [0.2, 0.25) is 11.8 Å². The van der Waals surface area contributed by atoms with Gasteiger partial charge >= 0.3 is 10.8 Å². The van der Waals surface area contributed by atoms with Crippen LogP contribution in [0.15, 0.2) is 82.6 Å². The molecule has 230 valence electrons. The molecule has 2 aliphatic heterocycles. The van der Waals surface area contributed by atoms with Crippen LogP contribution >= 0.6 is 23.1 Å². The number of nitrogens with zero attached hydrogens (tertiary/aromatic N) is 1. The number of nitrogens with one attached hydrogen (secondary N) is 2. The molecule has 0 radical (unpaired) electrons. The number of aromatic amines is 1. The Kier molecular flexibility index (Phi) is 8.46. The molecule has 0 aliphatic carbocycles. The van der Waals surface area contributed by atoms with Crippen LogP contribution in [0, 0.1) is 5.92 Å². The van der Waals surface area contributed by atoms with Crippen molar-refractivity contribution in [3.05, 3.63) is 98.5 Å². The third-order valence-electron chi connectivity index (χ3n) is 7.42. The molecule has 4 aromatic rings. The number of thiazole rings is 1.